The molecule has 1 aliphatic heterocycles. The predicted octanol–water partition coefficient (Wildman–Crippen LogP) is 2.65. The van der Waals surface area contributed by atoms with Gasteiger partial charge in [-0.2, -0.15) is 0 Å². The summed E-state index contributed by atoms with van der Waals surface area (Å²) in [4.78, 5) is 28.1. The number of ketones is 1. The topological polar surface area (TPSA) is 40.6 Å². The molecule has 0 aliphatic carbocycles. The third-order valence-corrected chi connectivity index (χ3v) is 4.26. The van der Waals surface area contributed by atoms with Crippen molar-refractivity contribution in [2.45, 2.75) is 33.1 Å². The zero-order valence-electron chi connectivity index (χ0n) is 14.0. The van der Waals surface area contributed by atoms with Gasteiger partial charge in [0, 0.05) is 32.6 Å². The van der Waals surface area contributed by atoms with E-state index in [4.69, 9.17) is 0 Å². The highest BCUT2D eigenvalue weighted by Crippen LogP contribution is 2.13. The quantitative estimate of drug-likeness (QED) is 0.757. The van der Waals surface area contributed by atoms with Crippen molar-refractivity contribution in [3.63, 3.8) is 0 Å². The number of piperazine rings is 1. The molecule has 1 amide bonds. The van der Waals surface area contributed by atoms with Gasteiger partial charge >= 0.3 is 0 Å². The third-order valence-electron chi connectivity index (χ3n) is 4.26. The molecule has 5 heteroatoms. The normalized spacial score (nSPS) is 15.7. The number of hydrogen-bond acceptors (Lipinski definition) is 3. The Hall–Kier alpha value is -1.75. The van der Waals surface area contributed by atoms with E-state index in [9.17, 15) is 14.0 Å². The van der Waals surface area contributed by atoms with Crippen molar-refractivity contribution >= 4 is 11.7 Å². The zero-order valence-corrected chi connectivity index (χ0v) is 14.0. The number of nitrogens with zero attached hydrogens (tertiary/aromatic N) is 2. The van der Waals surface area contributed by atoms with Gasteiger partial charge in [0.05, 0.1) is 12.1 Å². The number of carbonyl (C=O) groups is 2. The molecule has 1 fully saturated rings. The first kappa shape index (κ1) is 17.6. The molecule has 0 atom stereocenters. The van der Waals surface area contributed by atoms with E-state index >= 15 is 0 Å². The Labute approximate surface area is 137 Å². The van der Waals surface area contributed by atoms with E-state index in [-0.39, 0.29) is 23.8 Å². The molecule has 1 heterocycles. The molecule has 0 saturated carbocycles. The molecule has 1 aromatic carbocycles. The van der Waals surface area contributed by atoms with E-state index in [0.29, 0.717) is 32.6 Å². The molecule has 0 spiro atoms. The van der Waals surface area contributed by atoms with Crippen molar-refractivity contribution in [2.24, 2.45) is 0 Å². The molecule has 1 aliphatic rings. The van der Waals surface area contributed by atoms with Crippen LogP contribution in [0.15, 0.2) is 18.2 Å². The monoisotopic (exact) mass is 320 g/mol. The fraction of sp³-hybridized carbons (Fsp3) is 0.556. The molecule has 4 nitrogen and oxygen atoms in total. The molecule has 1 aromatic rings. The minimum absolute atomic E-state index is 0.159. The van der Waals surface area contributed by atoms with Crippen molar-refractivity contribution in [1.82, 2.24) is 9.80 Å². The Kier molecular flexibility index (Phi) is 6.28. The van der Waals surface area contributed by atoms with Gasteiger partial charge in [0.25, 0.3) is 0 Å². The number of carbonyl (C=O) groups excluding carboxylic acids is 2. The Bertz CT molecular complexity index is 566. The summed E-state index contributed by atoms with van der Waals surface area (Å²) in [7, 11) is 0. The fourth-order valence-corrected chi connectivity index (χ4v) is 2.78. The van der Waals surface area contributed by atoms with Crippen molar-refractivity contribution in [2.75, 3.05) is 32.7 Å². The Morgan fingerprint density at radius 2 is 1.87 bits per heavy atom. The maximum absolute atomic E-state index is 13.8. The van der Waals surface area contributed by atoms with Crippen LogP contribution in [-0.4, -0.2) is 54.2 Å². The van der Waals surface area contributed by atoms with Crippen LogP contribution in [0.5, 0.6) is 0 Å². The molecule has 0 N–H and O–H groups in total. The van der Waals surface area contributed by atoms with Gasteiger partial charge in [-0.15, -0.1) is 0 Å². The molecule has 0 aromatic heterocycles. The summed E-state index contributed by atoms with van der Waals surface area (Å²) in [5.41, 5.74) is 1.03. The number of halogens is 1. The third kappa shape index (κ3) is 4.86. The van der Waals surface area contributed by atoms with Gasteiger partial charge in [0.15, 0.2) is 5.78 Å². The van der Waals surface area contributed by atoms with E-state index in [2.05, 4.69) is 6.92 Å². The molecule has 1 saturated heterocycles. The summed E-state index contributed by atoms with van der Waals surface area (Å²) >= 11 is 0. The Morgan fingerprint density at radius 3 is 2.52 bits per heavy atom. The second kappa shape index (κ2) is 8.20. The minimum Gasteiger partial charge on any atom is -0.340 e. The zero-order chi connectivity index (χ0) is 16.8. The smallest absolute Gasteiger partial charge is 0.222 e. The van der Waals surface area contributed by atoms with Crippen LogP contribution in [0, 0.1) is 12.7 Å². The number of aryl methyl sites for hydroxylation is 1. The second-order valence-corrected chi connectivity index (χ2v) is 6.17. The van der Waals surface area contributed by atoms with Crippen molar-refractivity contribution in [1.29, 1.82) is 0 Å². The molecule has 0 unspecified atom stereocenters. The van der Waals surface area contributed by atoms with Gasteiger partial charge in [-0.3, -0.25) is 14.5 Å². The number of benzene rings is 1. The van der Waals surface area contributed by atoms with Gasteiger partial charge in [-0.05, 0) is 25.5 Å². The minimum atomic E-state index is -0.464. The van der Waals surface area contributed by atoms with E-state index in [1.54, 1.807) is 12.1 Å². The first-order valence-corrected chi connectivity index (χ1v) is 8.30. The van der Waals surface area contributed by atoms with Crippen LogP contribution in [0.4, 0.5) is 4.39 Å². The average molecular weight is 320 g/mol. The maximum atomic E-state index is 13.8. The van der Waals surface area contributed by atoms with Crippen LogP contribution in [0.2, 0.25) is 0 Å². The van der Waals surface area contributed by atoms with Crippen LogP contribution in [-0.2, 0) is 4.79 Å². The lowest BCUT2D eigenvalue weighted by Crippen LogP contribution is -2.49. The Morgan fingerprint density at radius 1 is 1.17 bits per heavy atom. The summed E-state index contributed by atoms with van der Waals surface area (Å²) in [5.74, 6) is -0.464. The number of rotatable bonds is 6. The van der Waals surface area contributed by atoms with Crippen molar-refractivity contribution in [3.8, 4) is 0 Å². The van der Waals surface area contributed by atoms with Crippen molar-refractivity contribution < 1.29 is 14.0 Å². The summed E-state index contributed by atoms with van der Waals surface area (Å²) in [6.45, 7) is 6.74. The van der Waals surface area contributed by atoms with Gasteiger partial charge < -0.3 is 4.90 Å². The van der Waals surface area contributed by atoms with Gasteiger partial charge in [-0.25, -0.2) is 4.39 Å². The lowest BCUT2D eigenvalue weighted by Gasteiger charge is -2.34. The van der Waals surface area contributed by atoms with E-state index in [1.165, 1.54) is 6.07 Å². The van der Waals surface area contributed by atoms with Gasteiger partial charge in [0.2, 0.25) is 5.91 Å². The predicted molar refractivity (Wildman–Crippen MR) is 88.0 cm³/mol. The number of hydrogen-bond donors (Lipinski definition) is 0. The lowest BCUT2D eigenvalue weighted by molar-refractivity contribution is -0.132. The maximum Gasteiger partial charge on any atom is 0.222 e. The van der Waals surface area contributed by atoms with Gasteiger partial charge in [-0.1, -0.05) is 25.0 Å². The first-order chi connectivity index (χ1) is 11.0. The van der Waals surface area contributed by atoms with E-state index in [1.807, 2.05) is 16.7 Å². The largest absolute Gasteiger partial charge is 0.340 e. The highest BCUT2D eigenvalue weighted by Gasteiger charge is 2.23. The summed E-state index contributed by atoms with van der Waals surface area (Å²) in [6, 6.07) is 4.60. The SMILES string of the molecule is CCCCC(=O)N1CCN(CC(=O)c2cc(C)ccc2F)CC1. The molecule has 2 rings (SSSR count). The van der Waals surface area contributed by atoms with E-state index in [0.717, 1.165) is 18.4 Å². The number of amides is 1. The average Bonchev–Trinajstić information content (AvgIpc) is 2.55. The van der Waals surface area contributed by atoms with Crippen molar-refractivity contribution in [3.05, 3.63) is 35.1 Å². The van der Waals surface area contributed by atoms with E-state index < -0.39 is 5.82 Å². The molecule has 0 bridgehead atoms. The second-order valence-electron chi connectivity index (χ2n) is 6.17. The molecule has 23 heavy (non-hydrogen) atoms. The standard InChI is InChI=1S/C18H25FN2O2/c1-3-4-5-18(23)21-10-8-20(9-11-21)13-17(22)15-12-14(2)6-7-16(15)19/h6-7,12H,3-5,8-11,13H2,1-2H3. The molecular weight excluding hydrogens is 295 g/mol. The summed E-state index contributed by atoms with van der Waals surface area (Å²) < 4.78 is 13.8. The molecule has 0 radical (unpaired) electrons. The Balaban J connectivity index is 1.85. The molecular formula is C18H25FN2O2. The highest BCUT2D eigenvalue weighted by atomic mass is 19.1. The van der Waals surface area contributed by atoms with Gasteiger partial charge in [0.1, 0.15) is 5.82 Å². The highest BCUT2D eigenvalue weighted by molar-refractivity contribution is 5.98. The number of unbranched alkanes of at least 4 members (excludes halogenated alkanes) is 1. The fourth-order valence-electron chi connectivity index (χ4n) is 2.78. The van der Waals surface area contributed by atoms with Crippen LogP contribution < -0.4 is 0 Å². The van der Waals surface area contributed by atoms with Crippen LogP contribution in [0.3, 0.4) is 0 Å². The van der Waals surface area contributed by atoms with Crippen LogP contribution in [0.25, 0.3) is 0 Å². The lowest BCUT2D eigenvalue weighted by atomic mass is 10.1. The number of Topliss-reactive ketones (excluding diaryl/α,β-unsaturated/α-hetero) is 1. The first-order valence-electron chi connectivity index (χ1n) is 8.30. The summed E-state index contributed by atoms with van der Waals surface area (Å²) in [6.07, 6.45) is 2.54. The summed E-state index contributed by atoms with van der Waals surface area (Å²) in [5, 5.41) is 0. The van der Waals surface area contributed by atoms with Crippen LogP contribution in [0.1, 0.15) is 42.1 Å². The van der Waals surface area contributed by atoms with Crippen LogP contribution >= 0.6 is 0 Å². The molecule has 126 valence electrons.